The third-order valence-electron chi connectivity index (χ3n) is 2.55. The molecule has 0 aliphatic heterocycles. The Bertz CT molecular complexity index is 157. The first kappa shape index (κ1) is 15.4. The summed E-state index contributed by atoms with van der Waals surface area (Å²) in [5.74, 6) is -0.181. The summed E-state index contributed by atoms with van der Waals surface area (Å²) < 4.78 is 5.02. The summed E-state index contributed by atoms with van der Waals surface area (Å²) in [6.07, 6.45) is 9.45. The average Bonchev–Trinajstić information content (AvgIpc) is 2.30. The second-order valence-electron chi connectivity index (χ2n) is 4.17. The normalized spacial score (nSPS) is 10.4. The van der Waals surface area contributed by atoms with Gasteiger partial charge in [0.2, 0.25) is 0 Å². The number of aliphatic hydroxyl groups is 1. The number of unbranched alkanes of at least 4 members (excludes halogenated alkanes) is 6. The van der Waals surface area contributed by atoms with E-state index in [-0.39, 0.29) is 12.6 Å². The lowest BCUT2D eigenvalue weighted by atomic mass is 10.1. The zero-order valence-electron chi connectivity index (χ0n) is 10.5. The Morgan fingerprint density at radius 3 is 2.25 bits per heavy atom. The van der Waals surface area contributed by atoms with Gasteiger partial charge in [0.05, 0.1) is 6.61 Å². The van der Waals surface area contributed by atoms with Crippen molar-refractivity contribution in [3.05, 3.63) is 0 Å². The standard InChI is InChI=1S/C13H26O3/c1-2-3-4-5-6-7-8-12-16-13(15)10-9-11-14/h14H,2-12H2,1H3. The van der Waals surface area contributed by atoms with Crippen LogP contribution in [-0.2, 0) is 9.53 Å². The number of hydrogen-bond acceptors (Lipinski definition) is 3. The van der Waals surface area contributed by atoms with Gasteiger partial charge in [-0.3, -0.25) is 4.79 Å². The largest absolute Gasteiger partial charge is 0.466 e. The van der Waals surface area contributed by atoms with Crippen molar-refractivity contribution in [1.82, 2.24) is 0 Å². The molecule has 0 aliphatic carbocycles. The first-order chi connectivity index (χ1) is 7.81. The molecule has 0 saturated carbocycles. The minimum absolute atomic E-state index is 0.0620. The molecule has 16 heavy (non-hydrogen) atoms. The first-order valence-electron chi connectivity index (χ1n) is 6.57. The van der Waals surface area contributed by atoms with Gasteiger partial charge in [0.25, 0.3) is 0 Å². The van der Waals surface area contributed by atoms with Gasteiger partial charge in [0, 0.05) is 13.0 Å². The Morgan fingerprint density at radius 1 is 1.00 bits per heavy atom. The lowest BCUT2D eigenvalue weighted by Crippen LogP contribution is -2.06. The van der Waals surface area contributed by atoms with Crippen LogP contribution >= 0.6 is 0 Å². The van der Waals surface area contributed by atoms with Gasteiger partial charge in [-0.1, -0.05) is 45.4 Å². The van der Waals surface area contributed by atoms with E-state index in [4.69, 9.17) is 9.84 Å². The molecular formula is C13H26O3. The van der Waals surface area contributed by atoms with E-state index in [1.54, 1.807) is 0 Å². The molecule has 0 bridgehead atoms. The van der Waals surface area contributed by atoms with E-state index < -0.39 is 0 Å². The maximum atomic E-state index is 11.0. The van der Waals surface area contributed by atoms with E-state index in [1.807, 2.05) is 0 Å². The monoisotopic (exact) mass is 230 g/mol. The highest BCUT2D eigenvalue weighted by Crippen LogP contribution is 2.07. The molecule has 3 heteroatoms. The summed E-state index contributed by atoms with van der Waals surface area (Å²) in [7, 11) is 0. The minimum Gasteiger partial charge on any atom is -0.466 e. The molecule has 0 fully saturated rings. The highest BCUT2D eigenvalue weighted by Gasteiger charge is 2.00. The average molecular weight is 230 g/mol. The molecule has 0 saturated heterocycles. The van der Waals surface area contributed by atoms with Crippen molar-refractivity contribution in [2.75, 3.05) is 13.2 Å². The van der Waals surface area contributed by atoms with Gasteiger partial charge in [-0.2, -0.15) is 0 Å². The zero-order valence-corrected chi connectivity index (χ0v) is 10.5. The predicted molar refractivity (Wildman–Crippen MR) is 65.3 cm³/mol. The summed E-state index contributed by atoms with van der Waals surface area (Å²) in [4.78, 5) is 11.0. The predicted octanol–water partition coefficient (Wildman–Crippen LogP) is 3.05. The van der Waals surface area contributed by atoms with Crippen LogP contribution in [0.5, 0.6) is 0 Å². The van der Waals surface area contributed by atoms with Crippen LogP contribution < -0.4 is 0 Å². The molecule has 0 aromatic rings. The fraction of sp³-hybridized carbons (Fsp3) is 0.923. The van der Waals surface area contributed by atoms with E-state index in [1.165, 1.54) is 32.1 Å². The number of aliphatic hydroxyl groups excluding tert-OH is 1. The number of rotatable bonds is 11. The van der Waals surface area contributed by atoms with Gasteiger partial charge < -0.3 is 9.84 Å². The van der Waals surface area contributed by atoms with Crippen molar-refractivity contribution in [1.29, 1.82) is 0 Å². The minimum atomic E-state index is -0.181. The summed E-state index contributed by atoms with van der Waals surface area (Å²) in [6.45, 7) is 2.82. The van der Waals surface area contributed by atoms with Crippen LogP contribution in [0.1, 0.15) is 64.7 Å². The van der Waals surface area contributed by atoms with Gasteiger partial charge in [-0.05, 0) is 12.8 Å². The molecular weight excluding hydrogens is 204 g/mol. The van der Waals surface area contributed by atoms with E-state index in [0.717, 1.165) is 12.8 Å². The second-order valence-corrected chi connectivity index (χ2v) is 4.17. The smallest absolute Gasteiger partial charge is 0.305 e. The van der Waals surface area contributed by atoms with Gasteiger partial charge in [0.1, 0.15) is 0 Å². The molecule has 0 rings (SSSR count). The molecule has 0 heterocycles. The number of ether oxygens (including phenoxy) is 1. The molecule has 0 atom stereocenters. The topological polar surface area (TPSA) is 46.5 Å². The van der Waals surface area contributed by atoms with Crippen molar-refractivity contribution in [2.45, 2.75) is 64.7 Å². The molecule has 0 spiro atoms. The second kappa shape index (κ2) is 12.5. The third-order valence-corrected chi connectivity index (χ3v) is 2.55. The highest BCUT2D eigenvalue weighted by atomic mass is 16.5. The lowest BCUT2D eigenvalue weighted by molar-refractivity contribution is -0.144. The summed E-state index contributed by atoms with van der Waals surface area (Å²) >= 11 is 0. The van der Waals surface area contributed by atoms with Crippen LogP contribution in [0.4, 0.5) is 0 Å². The fourth-order valence-electron chi connectivity index (χ4n) is 1.54. The quantitative estimate of drug-likeness (QED) is 0.438. The number of esters is 1. The number of carbonyl (C=O) groups is 1. The highest BCUT2D eigenvalue weighted by molar-refractivity contribution is 5.69. The van der Waals surface area contributed by atoms with Crippen LogP contribution in [0.3, 0.4) is 0 Å². The first-order valence-corrected chi connectivity index (χ1v) is 6.57. The van der Waals surface area contributed by atoms with Gasteiger partial charge in [-0.15, -0.1) is 0 Å². The van der Waals surface area contributed by atoms with Crippen LogP contribution in [0, 0.1) is 0 Å². The number of carbonyl (C=O) groups excluding carboxylic acids is 1. The molecule has 0 amide bonds. The fourth-order valence-corrected chi connectivity index (χ4v) is 1.54. The Labute approximate surface area is 99.2 Å². The Morgan fingerprint density at radius 2 is 1.62 bits per heavy atom. The molecule has 0 aliphatic rings. The van der Waals surface area contributed by atoms with Crippen molar-refractivity contribution in [3.8, 4) is 0 Å². The Balaban J connectivity index is 3.05. The summed E-state index contributed by atoms with van der Waals surface area (Å²) in [5, 5.41) is 8.52. The van der Waals surface area contributed by atoms with E-state index in [0.29, 0.717) is 19.4 Å². The van der Waals surface area contributed by atoms with E-state index in [9.17, 15) is 4.79 Å². The molecule has 0 aromatic carbocycles. The van der Waals surface area contributed by atoms with Crippen molar-refractivity contribution in [2.24, 2.45) is 0 Å². The maximum absolute atomic E-state index is 11.0. The van der Waals surface area contributed by atoms with Crippen LogP contribution in [0.25, 0.3) is 0 Å². The molecule has 96 valence electrons. The Hall–Kier alpha value is -0.570. The van der Waals surface area contributed by atoms with Gasteiger partial charge in [-0.25, -0.2) is 0 Å². The maximum Gasteiger partial charge on any atom is 0.305 e. The summed E-state index contributed by atoms with van der Waals surface area (Å²) in [5.41, 5.74) is 0. The molecule has 3 nitrogen and oxygen atoms in total. The van der Waals surface area contributed by atoms with Crippen molar-refractivity contribution < 1.29 is 14.6 Å². The van der Waals surface area contributed by atoms with Gasteiger partial charge in [0.15, 0.2) is 0 Å². The molecule has 1 N–H and O–H groups in total. The molecule has 0 radical (unpaired) electrons. The third kappa shape index (κ3) is 11.5. The summed E-state index contributed by atoms with van der Waals surface area (Å²) in [6, 6.07) is 0. The molecule has 0 aromatic heterocycles. The van der Waals surface area contributed by atoms with E-state index in [2.05, 4.69) is 6.92 Å². The van der Waals surface area contributed by atoms with Crippen molar-refractivity contribution >= 4 is 5.97 Å². The van der Waals surface area contributed by atoms with Crippen LogP contribution in [0.2, 0.25) is 0 Å². The SMILES string of the molecule is CCCCCCCCCOC(=O)CCCO. The zero-order chi connectivity index (χ0) is 12.1. The number of hydrogen-bond donors (Lipinski definition) is 1. The van der Waals surface area contributed by atoms with E-state index >= 15 is 0 Å². The van der Waals surface area contributed by atoms with Crippen molar-refractivity contribution in [3.63, 3.8) is 0 Å². The molecule has 0 unspecified atom stereocenters. The van der Waals surface area contributed by atoms with Crippen LogP contribution in [-0.4, -0.2) is 24.3 Å². The lowest BCUT2D eigenvalue weighted by Gasteiger charge is -2.04. The Kier molecular flexibility index (Phi) is 12.1. The van der Waals surface area contributed by atoms with Gasteiger partial charge >= 0.3 is 5.97 Å². The van der Waals surface area contributed by atoms with Crippen LogP contribution in [0.15, 0.2) is 0 Å².